The maximum absolute atomic E-state index is 13.5. The van der Waals surface area contributed by atoms with Crippen LogP contribution in [0, 0.1) is 0 Å². The first-order chi connectivity index (χ1) is 14.8. The summed E-state index contributed by atoms with van der Waals surface area (Å²) in [5.74, 6) is -2.05. The van der Waals surface area contributed by atoms with Crippen molar-refractivity contribution in [1.29, 1.82) is 0 Å². The lowest BCUT2D eigenvalue weighted by molar-refractivity contribution is -0.129. The van der Waals surface area contributed by atoms with E-state index in [2.05, 4.69) is 5.32 Å². The predicted molar refractivity (Wildman–Crippen MR) is 118 cm³/mol. The van der Waals surface area contributed by atoms with Crippen molar-refractivity contribution in [3.63, 3.8) is 0 Å². The highest BCUT2D eigenvalue weighted by atomic mass is 16.4. The normalized spacial score (nSPS) is 12.0. The fourth-order valence-corrected chi connectivity index (χ4v) is 3.52. The van der Waals surface area contributed by atoms with Crippen molar-refractivity contribution in [2.24, 2.45) is 5.73 Å². The fraction of sp³-hybridized carbons (Fsp3) is 0.160. The second-order valence-corrected chi connectivity index (χ2v) is 7.49. The number of benzene rings is 3. The van der Waals surface area contributed by atoms with Crippen LogP contribution in [0.4, 0.5) is 0 Å². The van der Waals surface area contributed by atoms with Gasteiger partial charge < -0.3 is 16.2 Å². The number of carboxylic acids is 1. The molecule has 0 saturated carbocycles. The molecule has 6 heteroatoms. The summed E-state index contributed by atoms with van der Waals surface area (Å²) in [5, 5.41) is 11.8. The van der Waals surface area contributed by atoms with Crippen LogP contribution in [0.15, 0.2) is 84.9 Å². The number of carbonyl (C=O) groups is 3. The van der Waals surface area contributed by atoms with Gasteiger partial charge in [0.05, 0.1) is 11.0 Å². The molecule has 0 aliphatic heterocycles. The number of hydrogen-bond acceptors (Lipinski definition) is 3. The van der Waals surface area contributed by atoms with Gasteiger partial charge in [-0.3, -0.25) is 9.59 Å². The van der Waals surface area contributed by atoms with E-state index in [1.807, 2.05) is 67.6 Å². The molecule has 0 spiro atoms. The van der Waals surface area contributed by atoms with Gasteiger partial charge in [0.2, 0.25) is 11.8 Å². The lowest BCUT2D eigenvalue weighted by atomic mass is 9.75. The summed E-state index contributed by atoms with van der Waals surface area (Å²) in [5.41, 5.74) is 6.95. The molecule has 158 valence electrons. The topological polar surface area (TPSA) is 109 Å². The highest BCUT2D eigenvalue weighted by Crippen LogP contribution is 2.32. The largest absolute Gasteiger partial charge is 0.478 e. The SMILES string of the molecule is CC(C(=O)N[C@H](Cc1ccc(C(=O)O)cc1)C(N)=O)(c1ccccc1)c1ccccc1. The highest BCUT2D eigenvalue weighted by molar-refractivity contribution is 5.95. The maximum atomic E-state index is 13.5. The minimum atomic E-state index is -1.04. The molecule has 2 amide bonds. The monoisotopic (exact) mass is 416 g/mol. The summed E-state index contributed by atoms with van der Waals surface area (Å²) >= 11 is 0. The Kier molecular flexibility index (Phi) is 6.50. The van der Waals surface area contributed by atoms with E-state index < -0.39 is 23.3 Å². The highest BCUT2D eigenvalue weighted by Gasteiger charge is 2.38. The van der Waals surface area contributed by atoms with Crippen LogP contribution in [-0.2, 0) is 21.4 Å². The van der Waals surface area contributed by atoms with Gasteiger partial charge in [0.25, 0.3) is 0 Å². The minimum Gasteiger partial charge on any atom is -0.478 e. The van der Waals surface area contributed by atoms with Crippen molar-refractivity contribution < 1.29 is 19.5 Å². The van der Waals surface area contributed by atoms with Crippen molar-refractivity contribution in [2.75, 3.05) is 0 Å². The molecule has 31 heavy (non-hydrogen) atoms. The first-order valence-electron chi connectivity index (χ1n) is 9.86. The van der Waals surface area contributed by atoms with Gasteiger partial charge in [-0.15, -0.1) is 0 Å². The molecule has 0 unspecified atom stereocenters. The number of carboxylic acid groups (broad SMARTS) is 1. The Labute approximate surface area is 180 Å². The van der Waals surface area contributed by atoms with Gasteiger partial charge >= 0.3 is 5.97 Å². The van der Waals surface area contributed by atoms with Crippen molar-refractivity contribution in [2.45, 2.75) is 24.8 Å². The van der Waals surface area contributed by atoms with Crippen LogP contribution in [0.3, 0.4) is 0 Å². The third-order valence-corrected chi connectivity index (χ3v) is 5.45. The summed E-state index contributed by atoms with van der Waals surface area (Å²) in [6.07, 6.45) is 0.153. The average Bonchev–Trinajstić information content (AvgIpc) is 2.79. The summed E-state index contributed by atoms with van der Waals surface area (Å²) in [4.78, 5) is 36.7. The molecule has 4 N–H and O–H groups in total. The van der Waals surface area contributed by atoms with E-state index in [0.29, 0.717) is 5.56 Å². The van der Waals surface area contributed by atoms with E-state index >= 15 is 0 Å². The number of nitrogens with two attached hydrogens (primary N) is 1. The number of aromatic carboxylic acids is 1. The van der Waals surface area contributed by atoms with E-state index in [1.165, 1.54) is 12.1 Å². The molecule has 3 aromatic carbocycles. The van der Waals surface area contributed by atoms with Gasteiger partial charge in [0, 0.05) is 6.42 Å². The van der Waals surface area contributed by atoms with Crippen LogP contribution in [0.1, 0.15) is 34.0 Å². The van der Waals surface area contributed by atoms with Crippen molar-refractivity contribution in [3.05, 3.63) is 107 Å². The van der Waals surface area contributed by atoms with E-state index in [4.69, 9.17) is 10.8 Å². The number of primary amides is 1. The molecular formula is C25H24N2O4. The van der Waals surface area contributed by atoms with Gasteiger partial charge in [0.1, 0.15) is 6.04 Å². The predicted octanol–water partition coefficient (Wildman–Crippen LogP) is 2.90. The molecule has 3 aromatic rings. The third-order valence-electron chi connectivity index (χ3n) is 5.45. The quantitative estimate of drug-likeness (QED) is 0.524. The van der Waals surface area contributed by atoms with Crippen LogP contribution in [0.5, 0.6) is 0 Å². The molecule has 0 heterocycles. The van der Waals surface area contributed by atoms with E-state index in [1.54, 1.807) is 12.1 Å². The van der Waals surface area contributed by atoms with Crippen molar-refractivity contribution in [3.8, 4) is 0 Å². The molecule has 0 fully saturated rings. The lowest BCUT2D eigenvalue weighted by Crippen LogP contribution is -2.52. The minimum absolute atomic E-state index is 0.143. The molecule has 3 rings (SSSR count). The van der Waals surface area contributed by atoms with E-state index in [9.17, 15) is 14.4 Å². The zero-order chi connectivity index (χ0) is 22.4. The molecule has 0 radical (unpaired) electrons. The van der Waals surface area contributed by atoms with Gasteiger partial charge in [-0.05, 0) is 35.7 Å². The van der Waals surface area contributed by atoms with Crippen LogP contribution in [0.25, 0.3) is 0 Å². The molecule has 0 saturated heterocycles. The molecule has 0 aliphatic carbocycles. The van der Waals surface area contributed by atoms with Crippen LogP contribution < -0.4 is 11.1 Å². The van der Waals surface area contributed by atoms with Gasteiger partial charge in [0.15, 0.2) is 0 Å². The van der Waals surface area contributed by atoms with Gasteiger partial charge in [-0.2, -0.15) is 0 Å². The molecule has 0 aromatic heterocycles. The maximum Gasteiger partial charge on any atom is 0.335 e. The Morgan fingerprint density at radius 3 is 1.77 bits per heavy atom. The zero-order valence-electron chi connectivity index (χ0n) is 17.1. The van der Waals surface area contributed by atoms with Gasteiger partial charge in [-0.25, -0.2) is 4.79 Å². The molecule has 6 nitrogen and oxygen atoms in total. The number of hydrogen-bond donors (Lipinski definition) is 3. The Bertz CT molecular complexity index is 1020. The van der Waals surface area contributed by atoms with Crippen molar-refractivity contribution >= 4 is 17.8 Å². The van der Waals surface area contributed by atoms with Gasteiger partial charge in [-0.1, -0.05) is 72.8 Å². The van der Waals surface area contributed by atoms with Crippen LogP contribution >= 0.6 is 0 Å². The summed E-state index contributed by atoms with van der Waals surface area (Å²) in [6.45, 7) is 1.81. The third kappa shape index (κ3) is 4.80. The Morgan fingerprint density at radius 1 is 0.871 bits per heavy atom. The Morgan fingerprint density at radius 2 is 1.35 bits per heavy atom. The zero-order valence-corrected chi connectivity index (χ0v) is 17.1. The first kappa shape index (κ1) is 21.8. The molecule has 0 bridgehead atoms. The number of amides is 2. The number of rotatable bonds is 8. The lowest BCUT2D eigenvalue weighted by Gasteiger charge is -2.31. The summed E-state index contributed by atoms with van der Waals surface area (Å²) in [6, 6.07) is 23.9. The Hall–Kier alpha value is -3.93. The van der Waals surface area contributed by atoms with E-state index in [0.717, 1.165) is 11.1 Å². The van der Waals surface area contributed by atoms with Crippen LogP contribution in [0.2, 0.25) is 0 Å². The van der Waals surface area contributed by atoms with Crippen LogP contribution in [-0.4, -0.2) is 28.9 Å². The first-order valence-corrected chi connectivity index (χ1v) is 9.86. The molecule has 1 atom stereocenters. The summed E-state index contributed by atoms with van der Waals surface area (Å²) in [7, 11) is 0. The number of nitrogens with one attached hydrogen (secondary N) is 1. The van der Waals surface area contributed by atoms with E-state index in [-0.39, 0.29) is 17.9 Å². The number of carbonyl (C=O) groups excluding carboxylic acids is 2. The Balaban J connectivity index is 1.90. The standard InChI is InChI=1S/C25H24N2O4/c1-25(19-8-4-2-5-9-19,20-10-6-3-7-11-20)24(31)27-21(22(26)28)16-17-12-14-18(15-13-17)23(29)30/h2-15,21H,16H2,1H3,(H2,26,28)(H,27,31)(H,29,30)/t21-/m1/s1. The fourth-order valence-electron chi connectivity index (χ4n) is 3.52. The summed E-state index contributed by atoms with van der Waals surface area (Å²) < 4.78 is 0. The smallest absolute Gasteiger partial charge is 0.335 e. The average molecular weight is 416 g/mol. The second-order valence-electron chi connectivity index (χ2n) is 7.49. The second kappa shape index (κ2) is 9.26. The van der Waals surface area contributed by atoms with Crippen molar-refractivity contribution in [1.82, 2.24) is 5.32 Å². The molecular weight excluding hydrogens is 392 g/mol. The molecule has 0 aliphatic rings.